The van der Waals surface area contributed by atoms with Gasteiger partial charge in [0.15, 0.2) is 0 Å². The maximum absolute atomic E-state index is 10.3. The van der Waals surface area contributed by atoms with Gasteiger partial charge in [0.05, 0.1) is 0 Å². The molecule has 0 saturated heterocycles. The van der Waals surface area contributed by atoms with Crippen LogP contribution >= 0.6 is 0 Å². The lowest BCUT2D eigenvalue weighted by molar-refractivity contribution is -0.137. The highest BCUT2D eigenvalue weighted by atomic mass is 16.4. The summed E-state index contributed by atoms with van der Waals surface area (Å²) in [6.07, 6.45) is 5.89. The van der Waals surface area contributed by atoms with E-state index in [4.69, 9.17) is 5.11 Å². The van der Waals surface area contributed by atoms with Crippen LogP contribution in [-0.4, -0.2) is 11.1 Å². The van der Waals surface area contributed by atoms with E-state index in [1.54, 1.807) is 0 Å². The van der Waals surface area contributed by atoms with Crippen molar-refractivity contribution in [2.45, 2.75) is 59.3 Å². The highest BCUT2D eigenvalue weighted by molar-refractivity contribution is 5.66. The Balaban J connectivity index is 3.26. The first kappa shape index (κ1) is 13.5. The Labute approximate surface area is 87.7 Å². The molecule has 1 radical (unpaired) electrons. The van der Waals surface area contributed by atoms with Crippen LogP contribution in [0.4, 0.5) is 0 Å². The summed E-state index contributed by atoms with van der Waals surface area (Å²) in [4.78, 5) is 10.3. The Kier molecular flexibility index (Phi) is 7.54. The fraction of sp³-hybridized carbons (Fsp3) is 0.833. The molecule has 83 valence electrons. The van der Waals surface area contributed by atoms with Crippen LogP contribution in [-0.2, 0) is 4.79 Å². The van der Waals surface area contributed by atoms with E-state index >= 15 is 0 Å². The van der Waals surface area contributed by atoms with Gasteiger partial charge in [0.25, 0.3) is 0 Å². The summed E-state index contributed by atoms with van der Waals surface area (Å²) in [6.45, 7) is 6.54. The van der Waals surface area contributed by atoms with Crippen molar-refractivity contribution in [2.75, 3.05) is 0 Å². The summed E-state index contributed by atoms with van der Waals surface area (Å²) in [7, 11) is 0. The summed E-state index contributed by atoms with van der Waals surface area (Å²) in [6, 6.07) is 0. The number of hydrogen-bond donors (Lipinski definition) is 1. The molecule has 2 heteroatoms. The third kappa shape index (κ3) is 9.56. The predicted octanol–water partition coefficient (Wildman–Crippen LogP) is 3.66. The Morgan fingerprint density at radius 1 is 1.14 bits per heavy atom. The molecule has 0 heterocycles. The van der Waals surface area contributed by atoms with E-state index in [1.807, 2.05) is 0 Å². The summed E-state index contributed by atoms with van der Waals surface area (Å²) in [5, 5.41) is 8.49. The SMILES string of the molecule is C[C](CCCCC(C)C)CCC(=O)O. The molecular weight excluding hydrogens is 176 g/mol. The van der Waals surface area contributed by atoms with Crippen LogP contribution in [0, 0.1) is 11.8 Å². The van der Waals surface area contributed by atoms with Crippen LogP contribution in [0.15, 0.2) is 0 Å². The van der Waals surface area contributed by atoms with Gasteiger partial charge < -0.3 is 5.11 Å². The monoisotopic (exact) mass is 199 g/mol. The maximum Gasteiger partial charge on any atom is 0.303 e. The molecule has 0 aliphatic carbocycles. The Bertz CT molecular complexity index is 152. The van der Waals surface area contributed by atoms with Gasteiger partial charge in [0, 0.05) is 6.42 Å². The molecule has 0 aromatic heterocycles. The number of rotatable bonds is 8. The van der Waals surface area contributed by atoms with Crippen LogP contribution in [0.25, 0.3) is 0 Å². The molecule has 2 nitrogen and oxygen atoms in total. The lowest BCUT2D eigenvalue weighted by atomic mass is 9.96. The van der Waals surface area contributed by atoms with Crippen LogP contribution in [0.2, 0.25) is 0 Å². The molecule has 0 bridgehead atoms. The van der Waals surface area contributed by atoms with Gasteiger partial charge >= 0.3 is 5.97 Å². The Morgan fingerprint density at radius 2 is 1.79 bits per heavy atom. The number of carboxylic acid groups (broad SMARTS) is 1. The normalized spacial score (nSPS) is 11.2. The first-order valence-corrected chi connectivity index (χ1v) is 5.55. The number of aliphatic carboxylic acids is 1. The van der Waals surface area contributed by atoms with Crippen molar-refractivity contribution in [3.8, 4) is 0 Å². The number of hydrogen-bond acceptors (Lipinski definition) is 1. The smallest absolute Gasteiger partial charge is 0.303 e. The van der Waals surface area contributed by atoms with Gasteiger partial charge in [-0.15, -0.1) is 0 Å². The molecule has 0 spiro atoms. The molecule has 0 aliphatic rings. The van der Waals surface area contributed by atoms with Crippen molar-refractivity contribution >= 4 is 5.97 Å². The molecular formula is C12H23O2. The van der Waals surface area contributed by atoms with E-state index in [0.29, 0.717) is 0 Å². The molecule has 0 atom stereocenters. The zero-order valence-corrected chi connectivity index (χ0v) is 9.68. The second-order valence-electron chi connectivity index (χ2n) is 4.49. The summed E-state index contributed by atoms with van der Waals surface area (Å²) < 4.78 is 0. The van der Waals surface area contributed by atoms with Gasteiger partial charge in [0.2, 0.25) is 0 Å². The summed E-state index contributed by atoms with van der Waals surface area (Å²) in [5.41, 5.74) is 0. The molecule has 14 heavy (non-hydrogen) atoms. The molecule has 0 rings (SSSR count). The van der Waals surface area contributed by atoms with Gasteiger partial charge in [-0.3, -0.25) is 4.79 Å². The highest BCUT2D eigenvalue weighted by Gasteiger charge is 2.05. The molecule has 1 N–H and O–H groups in total. The van der Waals surface area contributed by atoms with Crippen molar-refractivity contribution in [1.82, 2.24) is 0 Å². The molecule has 0 saturated carbocycles. The topological polar surface area (TPSA) is 37.3 Å². The van der Waals surface area contributed by atoms with Crippen LogP contribution in [0.3, 0.4) is 0 Å². The number of carbonyl (C=O) groups is 1. The zero-order valence-electron chi connectivity index (χ0n) is 9.68. The minimum atomic E-state index is -0.688. The molecule has 0 aliphatic heterocycles. The van der Waals surface area contributed by atoms with Crippen LogP contribution < -0.4 is 0 Å². The van der Waals surface area contributed by atoms with Gasteiger partial charge in [-0.1, -0.05) is 40.0 Å². The first-order valence-electron chi connectivity index (χ1n) is 5.55. The third-order valence-corrected chi connectivity index (χ3v) is 2.40. The lowest BCUT2D eigenvalue weighted by Crippen LogP contribution is -1.99. The quantitative estimate of drug-likeness (QED) is 0.606. The van der Waals surface area contributed by atoms with Crippen molar-refractivity contribution in [3.63, 3.8) is 0 Å². The molecule has 0 fully saturated rings. The second-order valence-corrected chi connectivity index (χ2v) is 4.49. The van der Waals surface area contributed by atoms with Crippen molar-refractivity contribution < 1.29 is 9.90 Å². The Hall–Kier alpha value is -0.530. The fourth-order valence-electron chi connectivity index (χ4n) is 1.42. The van der Waals surface area contributed by atoms with Gasteiger partial charge in [-0.25, -0.2) is 0 Å². The van der Waals surface area contributed by atoms with Gasteiger partial charge in [0.1, 0.15) is 0 Å². The number of carboxylic acids is 1. The largest absolute Gasteiger partial charge is 0.481 e. The maximum atomic E-state index is 10.3. The van der Waals surface area contributed by atoms with Crippen molar-refractivity contribution in [2.24, 2.45) is 5.92 Å². The van der Waals surface area contributed by atoms with E-state index in [9.17, 15) is 4.79 Å². The van der Waals surface area contributed by atoms with E-state index < -0.39 is 5.97 Å². The van der Waals surface area contributed by atoms with E-state index in [-0.39, 0.29) is 6.42 Å². The van der Waals surface area contributed by atoms with Gasteiger partial charge in [-0.05, 0) is 24.7 Å². The van der Waals surface area contributed by atoms with Crippen LogP contribution in [0.5, 0.6) is 0 Å². The van der Waals surface area contributed by atoms with Crippen LogP contribution in [0.1, 0.15) is 59.3 Å². The molecule has 0 aromatic rings. The van der Waals surface area contributed by atoms with Crippen molar-refractivity contribution in [1.29, 1.82) is 0 Å². The average Bonchev–Trinajstić information content (AvgIpc) is 2.08. The minimum Gasteiger partial charge on any atom is -0.481 e. The Morgan fingerprint density at radius 3 is 2.29 bits per heavy atom. The molecule has 0 amide bonds. The van der Waals surface area contributed by atoms with E-state index in [2.05, 4.69) is 20.8 Å². The minimum absolute atomic E-state index is 0.288. The molecule has 0 unspecified atom stereocenters. The summed E-state index contributed by atoms with van der Waals surface area (Å²) in [5.74, 6) is 1.43. The fourth-order valence-corrected chi connectivity index (χ4v) is 1.42. The zero-order chi connectivity index (χ0) is 11.0. The second kappa shape index (κ2) is 7.84. The predicted molar refractivity (Wildman–Crippen MR) is 59.1 cm³/mol. The van der Waals surface area contributed by atoms with Gasteiger partial charge in [-0.2, -0.15) is 0 Å². The first-order chi connectivity index (χ1) is 6.52. The average molecular weight is 199 g/mol. The molecule has 0 aromatic carbocycles. The third-order valence-electron chi connectivity index (χ3n) is 2.40. The van der Waals surface area contributed by atoms with E-state index in [0.717, 1.165) is 18.8 Å². The van der Waals surface area contributed by atoms with Crippen molar-refractivity contribution in [3.05, 3.63) is 5.92 Å². The standard InChI is InChI=1S/C12H23O2/c1-10(2)6-4-5-7-11(3)8-9-12(13)14/h10H,4-9H2,1-3H3,(H,13,14). The lowest BCUT2D eigenvalue weighted by Gasteiger charge is -2.09. The summed E-state index contributed by atoms with van der Waals surface area (Å²) >= 11 is 0. The highest BCUT2D eigenvalue weighted by Crippen LogP contribution is 2.18. The number of unbranched alkanes of at least 4 members (excludes halogenated alkanes) is 1. The van der Waals surface area contributed by atoms with E-state index in [1.165, 1.54) is 25.2 Å².